The first-order valence-electron chi connectivity index (χ1n) is 12.2. The first kappa shape index (κ1) is 20.9. The van der Waals surface area contributed by atoms with Crippen LogP contribution in [0.25, 0.3) is 11.4 Å². The molecule has 3 aliphatic rings. The van der Waals surface area contributed by atoms with E-state index < -0.39 is 0 Å². The minimum absolute atomic E-state index is 0.0893. The number of aryl methyl sites for hydroxylation is 1. The van der Waals surface area contributed by atoms with Gasteiger partial charge in [-0.25, -0.2) is 0 Å². The normalized spacial score (nSPS) is 16.6. The van der Waals surface area contributed by atoms with Crippen LogP contribution in [0.4, 0.5) is 0 Å². The smallest absolute Gasteiger partial charge is 0.145 e. The third-order valence-electron chi connectivity index (χ3n) is 7.38. The number of hydrogen-bond donors (Lipinski definition) is 0. The van der Waals surface area contributed by atoms with E-state index in [2.05, 4.69) is 58.5 Å². The van der Waals surface area contributed by atoms with E-state index in [9.17, 15) is 0 Å². The summed E-state index contributed by atoms with van der Waals surface area (Å²) in [5.41, 5.74) is 10.5. The second-order valence-electron chi connectivity index (χ2n) is 9.42. The summed E-state index contributed by atoms with van der Waals surface area (Å²) in [6, 6.07) is 29.5. The largest absolute Gasteiger partial charge is 0.496 e. The van der Waals surface area contributed by atoms with E-state index >= 15 is 0 Å². The SMILES string of the molecule is COc1ccc(Oc2ccc(-c3ccc(C)cn3)nc2)c2c1C1c3ccccc3C2c2ccccc21. The highest BCUT2D eigenvalue weighted by molar-refractivity contribution is 5.73. The Balaban J connectivity index is 1.34. The van der Waals surface area contributed by atoms with E-state index in [-0.39, 0.29) is 11.8 Å². The van der Waals surface area contributed by atoms with Gasteiger partial charge in [0, 0.05) is 29.2 Å². The summed E-state index contributed by atoms with van der Waals surface area (Å²) in [4.78, 5) is 9.12. The molecule has 2 heterocycles. The van der Waals surface area contributed by atoms with Gasteiger partial charge in [0.15, 0.2) is 0 Å². The molecule has 0 unspecified atom stereocenters. The second kappa shape index (κ2) is 8.06. The van der Waals surface area contributed by atoms with Crippen LogP contribution in [0.1, 0.15) is 50.8 Å². The molecule has 3 aliphatic carbocycles. The Hall–Kier alpha value is -4.44. The van der Waals surface area contributed by atoms with Gasteiger partial charge in [0.05, 0.1) is 24.7 Å². The van der Waals surface area contributed by atoms with E-state index in [1.807, 2.05) is 49.5 Å². The van der Waals surface area contributed by atoms with Crippen LogP contribution >= 0.6 is 0 Å². The van der Waals surface area contributed by atoms with E-state index in [1.165, 1.54) is 33.4 Å². The molecule has 2 bridgehead atoms. The Morgan fingerprint density at radius 2 is 1.11 bits per heavy atom. The van der Waals surface area contributed by atoms with Gasteiger partial charge in [-0.1, -0.05) is 54.6 Å². The number of ether oxygens (including phenoxy) is 2. The molecule has 0 N–H and O–H groups in total. The van der Waals surface area contributed by atoms with Crippen LogP contribution in [-0.2, 0) is 0 Å². The lowest BCUT2D eigenvalue weighted by molar-refractivity contribution is 0.402. The summed E-state index contributed by atoms with van der Waals surface area (Å²) >= 11 is 0. The van der Waals surface area contributed by atoms with E-state index in [1.54, 1.807) is 13.3 Å². The molecule has 0 spiro atoms. The van der Waals surface area contributed by atoms with Crippen molar-refractivity contribution < 1.29 is 9.47 Å². The quantitative estimate of drug-likeness (QED) is 0.273. The van der Waals surface area contributed by atoms with Crippen LogP contribution in [0.3, 0.4) is 0 Å². The molecular weight excluding hydrogens is 444 g/mol. The average molecular weight is 469 g/mol. The molecule has 4 heteroatoms. The van der Waals surface area contributed by atoms with Gasteiger partial charge < -0.3 is 9.47 Å². The van der Waals surface area contributed by atoms with Gasteiger partial charge in [0.2, 0.25) is 0 Å². The highest BCUT2D eigenvalue weighted by atomic mass is 16.5. The maximum Gasteiger partial charge on any atom is 0.145 e. The number of nitrogens with zero attached hydrogens (tertiary/aromatic N) is 2. The molecule has 0 fully saturated rings. The molecular formula is C32H24N2O2. The molecule has 36 heavy (non-hydrogen) atoms. The summed E-state index contributed by atoms with van der Waals surface area (Å²) in [5, 5.41) is 0. The van der Waals surface area contributed by atoms with E-state index in [0.29, 0.717) is 5.75 Å². The summed E-state index contributed by atoms with van der Waals surface area (Å²) < 4.78 is 12.4. The number of aromatic nitrogens is 2. The zero-order valence-electron chi connectivity index (χ0n) is 20.1. The van der Waals surface area contributed by atoms with Crippen LogP contribution in [-0.4, -0.2) is 17.1 Å². The van der Waals surface area contributed by atoms with Crippen molar-refractivity contribution in [2.75, 3.05) is 7.11 Å². The third-order valence-corrected chi connectivity index (χ3v) is 7.38. The first-order chi connectivity index (χ1) is 17.7. The Bertz CT molecular complexity index is 1560. The lowest BCUT2D eigenvalue weighted by Gasteiger charge is -2.43. The van der Waals surface area contributed by atoms with Crippen LogP contribution in [0.15, 0.2) is 97.3 Å². The van der Waals surface area contributed by atoms with Crippen molar-refractivity contribution in [3.63, 3.8) is 0 Å². The van der Waals surface area contributed by atoms with Gasteiger partial charge in [-0.3, -0.25) is 9.97 Å². The van der Waals surface area contributed by atoms with Crippen molar-refractivity contribution in [3.05, 3.63) is 136 Å². The number of methoxy groups -OCH3 is 1. The Morgan fingerprint density at radius 1 is 0.583 bits per heavy atom. The second-order valence-corrected chi connectivity index (χ2v) is 9.42. The Morgan fingerprint density at radius 3 is 1.61 bits per heavy atom. The monoisotopic (exact) mass is 468 g/mol. The zero-order valence-corrected chi connectivity index (χ0v) is 20.1. The maximum absolute atomic E-state index is 6.53. The van der Waals surface area contributed by atoms with Gasteiger partial charge in [0.1, 0.15) is 17.2 Å². The van der Waals surface area contributed by atoms with Crippen molar-refractivity contribution in [2.24, 2.45) is 0 Å². The van der Waals surface area contributed by atoms with Crippen molar-refractivity contribution in [1.82, 2.24) is 9.97 Å². The standard InChI is InChI=1S/C32H24N2O2/c1-19-11-13-25(33-17-19)26-14-12-20(18-34-26)36-28-16-15-27(35-2)31-29-21-7-3-5-9-23(21)30(32(28)31)24-10-6-4-8-22(24)29/h3-18,29-30H,1-2H3. The molecule has 0 atom stereocenters. The van der Waals surface area contributed by atoms with Crippen molar-refractivity contribution in [2.45, 2.75) is 18.8 Å². The molecule has 0 amide bonds. The fourth-order valence-electron chi connectivity index (χ4n) is 5.83. The van der Waals surface area contributed by atoms with Gasteiger partial charge in [0.25, 0.3) is 0 Å². The fourth-order valence-corrected chi connectivity index (χ4v) is 5.83. The highest BCUT2D eigenvalue weighted by Crippen LogP contribution is 2.60. The molecule has 3 aromatic carbocycles. The molecule has 0 saturated carbocycles. The van der Waals surface area contributed by atoms with Crippen LogP contribution in [0.2, 0.25) is 0 Å². The molecule has 5 aromatic rings. The first-order valence-corrected chi connectivity index (χ1v) is 12.2. The summed E-state index contributed by atoms with van der Waals surface area (Å²) in [6.07, 6.45) is 3.63. The van der Waals surface area contributed by atoms with Crippen LogP contribution < -0.4 is 9.47 Å². The van der Waals surface area contributed by atoms with Crippen LogP contribution in [0, 0.1) is 6.92 Å². The predicted molar refractivity (Wildman–Crippen MR) is 140 cm³/mol. The topological polar surface area (TPSA) is 44.2 Å². The summed E-state index contributed by atoms with van der Waals surface area (Å²) in [5.74, 6) is 2.64. The van der Waals surface area contributed by atoms with E-state index in [4.69, 9.17) is 9.47 Å². The molecule has 4 nitrogen and oxygen atoms in total. The number of benzene rings is 3. The summed E-state index contributed by atoms with van der Waals surface area (Å²) in [7, 11) is 1.75. The number of pyridine rings is 2. The molecule has 174 valence electrons. The highest BCUT2D eigenvalue weighted by Gasteiger charge is 2.44. The lowest BCUT2D eigenvalue weighted by Crippen LogP contribution is -2.28. The Kier molecular flexibility index (Phi) is 4.68. The average Bonchev–Trinajstić information content (AvgIpc) is 2.94. The van der Waals surface area contributed by atoms with Gasteiger partial charge in [-0.15, -0.1) is 0 Å². The minimum atomic E-state index is 0.0893. The van der Waals surface area contributed by atoms with Crippen molar-refractivity contribution in [1.29, 1.82) is 0 Å². The fraction of sp³-hybridized carbons (Fsp3) is 0.125. The van der Waals surface area contributed by atoms with Gasteiger partial charge in [-0.05, 0) is 65.1 Å². The Labute approximate surface area is 210 Å². The number of hydrogen-bond acceptors (Lipinski definition) is 4. The molecule has 8 rings (SSSR count). The predicted octanol–water partition coefficient (Wildman–Crippen LogP) is 7.24. The molecule has 0 aliphatic heterocycles. The lowest BCUT2D eigenvalue weighted by atomic mass is 9.60. The van der Waals surface area contributed by atoms with Crippen LogP contribution in [0.5, 0.6) is 17.2 Å². The van der Waals surface area contributed by atoms with Crippen molar-refractivity contribution in [3.8, 4) is 28.6 Å². The molecule has 0 radical (unpaired) electrons. The van der Waals surface area contributed by atoms with Gasteiger partial charge >= 0.3 is 0 Å². The minimum Gasteiger partial charge on any atom is -0.496 e. The molecule has 2 aromatic heterocycles. The number of rotatable bonds is 4. The third kappa shape index (κ3) is 3.07. The zero-order chi connectivity index (χ0) is 24.2. The van der Waals surface area contributed by atoms with Gasteiger partial charge in [-0.2, -0.15) is 0 Å². The van der Waals surface area contributed by atoms with Crippen molar-refractivity contribution >= 4 is 0 Å². The maximum atomic E-state index is 6.53. The molecule has 0 saturated heterocycles. The van der Waals surface area contributed by atoms with E-state index in [0.717, 1.165) is 28.5 Å². The summed E-state index contributed by atoms with van der Waals surface area (Å²) in [6.45, 7) is 2.03.